The molecule has 2 N–H and O–H groups in total. The maximum atomic E-state index is 5.99. The van der Waals surface area contributed by atoms with Crippen LogP contribution in [-0.2, 0) is 6.42 Å². The monoisotopic (exact) mass is 177 g/mol. The van der Waals surface area contributed by atoms with E-state index in [1.807, 2.05) is 13.0 Å². The standard InChI is InChI=1S/C11H15NO/c1-3-8-4-5-10-9(6-8)11(12)7(2)13-10/h4-7,11H,3,12H2,1-2H3. The van der Waals surface area contributed by atoms with Gasteiger partial charge in [0.1, 0.15) is 11.9 Å². The highest BCUT2D eigenvalue weighted by molar-refractivity contribution is 5.43. The Morgan fingerprint density at radius 1 is 1.46 bits per heavy atom. The minimum Gasteiger partial charge on any atom is -0.488 e. The van der Waals surface area contributed by atoms with Gasteiger partial charge in [-0.2, -0.15) is 0 Å². The van der Waals surface area contributed by atoms with Crippen LogP contribution >= 0.6 is 0 Å². The molecular weight excluding hydrogens is 162 g/mol. The van der Waals surface area contributed by atoms with Gasteiger partial charge in [-0.15, -0.1) is 0 Å². The highest BCUT2D eigenvalue weighted by atomic mass is 16.5. The second-order valence-corrected chi connectivity index (χ2v) is 3.57. The first-order valence-electron chi connectivity index (χ1n) is 4.77. The fourth-order valence-corrected chi connectivity index (χ4v) is 1.71. The molecule has 70 valence electrons. The van der Waals surface area contributed by atoms with Crippen LogP contribution in [0.5, 0.6) is 5.75 Å². The molecule has 2 atom stereocenters. The molecule has 1 aliphatic heterocycles. The molecule has 0 bridgehead atoms. The molecule has 0 saturated carbocycles. The third-order valence-electron chi connectivity index (χ3n) is 2.66. The number of rotatable bonds is 1. The van der Waals surface area contributed by atoms with Gasteiger partial charge in [-0.05, 0) is 25.0 Å². The summed E-state index contributed by atoms with van der Waals surface area (Å²) in [5.74, 6) is 0.956. The zero-order valence-corrected chi connectivity index (χ0v) is 8.08. The van der Waals surface area contributed by atoms with Gasteiger partial charge in [0.2, 0.25) is 0 Å². The van der Waals surface area contributed by atoms with Gasteiger partial charge in [0.25, 0.3) is 0 Å². The van der Waals surface area contributed by atoms with Gasteiger partial charge < -0.3 is 10.5 Å². The van der Waals surface area contributed by atoms with Crippen molar-refractivity contribution >= 4 is 0 Å². The lowest BCUT2D eigenvalue weighted by Crippen LogP contribution is -2.21. The lowest BCUT2D eigenvalue weighted by atomic mass is 10.0. The SMILES string of the molecule is CCc1ccc2c(c1)C(N)C(C)O2. The number of ether oxygens (including phenoxy) is 1. The van der Waals surface area contributed by atoms with Gasteiger partial charge in [-0.3, -0.25) is 0 Å². The molecule has 0 spiro atoms. The minimum absolute atomic E-state index is 0.0431. The van der Waals surface area contributed by atoms with Crippen LogP contribution in [0.2, 0.25) is 0 Å². The molecule has 0 amide bonds. The van der Waals surface area contributed by atoms with Crippen LogP contribution < -0.4 is 10.5 Å². The lowest BCUT2D eigenvalue weighted by molar-refractivity contribution is 0.228. The molecule has 1 heterocycles. The summed E-state index contributed by atoms with van der Waals surface area (Å²) in [4.78, 5) is 0. The van der Waals surface area contributed by atoms with E-state index >= 15 is 0 Å². The molecule has 2 heteroatoms. The first-order chi connectivity index (χ1) is 6.22. The van der Waals surface area contributed by atoms with Crippen molar-refractivity contribution in [2.45, 2.75) is 32.4 Å². The minimum atomic E-state index is 0.0431. The summed E-state index contributed by atoms with van der Waals surface area (Å²) in [7, 11) is 0. The number of hydrogen-bond acceptors (Lipinski definition) is 2. The van der Waals surface area contributed by atoms with Gasteiger partial charge >= 0.3 is 0 Å². The smallest absolute Gasteiger partial charge is 0.124 e. The molecule has 1 aliphatic rings. The summed E-state index contributed by atoms with van der Waals surface area (Å²) in [6, 6.07) is 6.33. The lowest BCUT2D eigenvalue weighted by Gasteiger charge is -2.07. The van der Waals surface area contributed by atoms with Gasteiger partial charge in [0.15, 0.2) is 0 Å². The van der Waals surface area contributed by atoms with E-state index in [2.05, 4.69) is 19.1 Å². The van der Waals surface area contributed by atoms with Gasteiger partial charge in [0.05, 0.1) is 6.04 Å². The summed E-state index contributed by atoms with van der Waals surface area (Å²) in [6.45, 7) is 4.16. The molecule has 1 aromatic rings. The molecule has 0 fully saturated rings. The van der Waals surface area contributed by atoms with Gasteiger partial charge in [0, 0.05) is 5.56 Å². The van der Waals surface area contributed by atoms with Crippen molar-refractivity contribution in [2.75, 3.05) is 0 Å². The van der Waals surface area contributed by atoms with Crippen LogP contribution in [0.1, 0.15) is 31.0 Å². The van der Waals surface area contributed by atoms with Crippen LogP contribution in [-0.4, -0.2) is 6.10 Å². The van der Waals surface area contributed by atoms with E-state index in [1.165, 1.54) is 5.56 Å². The Hall–Kier alpha value is -1.02. The second kappa shape index (κ2) is 3.04. The zero-order valence-electron chi connectivity index (χ0n) is 8.08. The highest BCUT2D eigenvalue weighted by Crippen LogP contribution is 2.35. The Morgan fingerprint density at radius 3 is 2.92 bits per heavy atom. The maximum Gasteiger partial charge on any atom is 0.124 e. The topological polar surface area (TPSA) is 35.2 Å². The van der Waals surface area contributed by atoms with Gasteiger partial charge in [-0.25, -0.2) is 0 Å². The highest BCUT2D eigenvalue weighted by Gasteiger charge is 2.27. The molecule has 0 aromatic heterocycles. The predicted octanol–water partition coefficient (Wildman–Crippen LogP) is 2.03. The second-order valence-electron chi connectivity index (χ2n) is 3.57. The van der Waals surface area contributed by atoms with Crippen molar-refractivity contribution in [3.05, 3.63) is 29.3 Å². The van der Waals surface area contributed by atoms with E-state index in [4.69, 9.17) is 10.5 Å². The van der Waals surface area contributed by atoms with E-state index in [0.29, 0.717) is 0 Å². The average Bonchev–Trinajstić information content (AvgIpc) is 2.43. The normalized spacial score (nSPS) is 25.5. The molecule has 13 heavy (non-hydrogen) atoms. The molecule has 0 saturated heterocycles. The zero-order chi connectivity index (χ0) is 9.42. The van der Waals surface area contributed by atoms with E-state index in [9.17, 15) is 0 Å². The average molecular weight is 177 g/mol. The summed E-state index contributed by atoms with van der Waals surface area (Å²) in [5, 5.41) is 0. The molecule has 1 aromatic carbocycles. The van der Waals surface area contributed by atoms with Crippen molar-refractivity contribution in [2.24, 2.45) is 5.73 Å². The van der Waals surface area contributed by atoms with Crippen LogP contribution in [0.15, 0.2) is 18.2 Å². The van der Waals surface area contributed by atoms with E-state index in [-0.39, 0.29) is 12.1 Å². The van der Waals surface area contributed by atoms with Crippen molar-refractivity contribution in [3.63, 3.8) is 0 Å². The van der Waals surface area contributed by atoms with Crippen LogP contribution in [0.4, 0.5) is 0 Å². The Kier molecular flexibility index (Phi) is 2.00. The quantitative estimate of drug-likeness (QED) is 0.712. The Bertz CT molecular complexity index is 322. The first kappa shape index (κ1) is 8.57. The third kappa shape index (κ3) is 1.31. The van der Waals surface area contributed by atoms with E-state index in [1.54, 1.807) is 0 Å². The summed E-state index contributed by atoms with van der Waals surface area (Å²) >= 11 is 0. The Labute approximate surface area is 78.7 Å². The Balaban J connectivity index is 2.42. The molecular formula is C11H15NO. The number of benzene rings is 1. The fourth-order valence-electron chi connectivity index (χ4n) is 1.71. The van der Waals surface area contributed by atoms with Crippen LogP contribution in [0.3, 0.4) is 0 Å². The summed E-state index contributed by atoms with van der Waals surface area (Å²) in [6.07, 6.45) is 1.16. The Morgan fingerprint density at radius 2 is 2.23 bits per heavy atom. The molecule has 2 unspecified atom stereocenters. The van der Waals surface area contributed by atoms with E-state index < -0.39 is 0 Å². The third-order valence-corrected chi connectivity index (χ3v) is 2.66. The molecule has 0 aliphatic carbocycles. The first-order valence-corrected chi connectivity index (χ1v) is 4.77. The fraction of sp³-hybridized carbons (Fsp3) is 0.455. The van der Waals surface area contributed by atoms with Crippen molar-refractivity contribution in [1.29, 1.82) is 0 Å². The van der Waals surface area contributed by atoms with E-state index in [0.717, 1.165) is 17.7 Å². The van der Waals surface area contributed by atoms with Crippen molar-refractivity contribution < 1.29 is 4.74 Å². The van der Waals surface area contributed by atoms with Crippen molar-refractivity contribution in [3.8, 4) is 5.75 Å². The summed E-state index contributed by atoms with van der Waals surface area (Å²) < 4.78 is 5.59. The van der Waals surface area contributed by atoms with Crippen LogP contribution in [0, 0.1) is 0 Å². The van der Waals surface area contributed by atoms with Crippen molar-refractivity contribution in [1.82, 2.24) is 0 Å². The number of fused-ring (bicyclic) bond motifs is 1. The predicted molar refractivity (Wildman–Crippen MR) is 52.8 cm³/mol. The summed E-state index contributed by atoms with van der Waals surface area (Å²) in [5.41, 5.74) is 8.47. The molecule has 0 radical (unpaired) electrons. The maximum absolute atomic E-state index is 5.99. The van der Waals surface area contributed by atoms with Gasteiger partial charge in [-0.1, -0.05) is 19.1 Å². The molecule has 2 rings (SSSR count). The molecule has 2 nitrogen and oxygen atoms in total. The largest absolute Gasteiger partial charge is 0.488 e. The number of hydrogen-bond donors (Lipinski definition) is 1. The van der Waals surface area contributed by atoms with Crippen LogP contribution in [0.25, 0.3) is 0 Å². The number of aryl methyl sites for hydroxylation is 1. The number of nitrogens with two attached hydrogens (primary N) is 1.